The van der Waals surface area contributed by atoms with Gasteiger partial charge in [0.05, 0.1) is 28.2 Å². The Morgan fingerprint density at radius 1 is 1.28 bits per heavy atom. The number of H-pyrrole nitrogens is 1. The quantitative estimate of drug-likeness (QED) is 0.870. The molecule has 0 radical (unpaired) electrons. The Labute approximate surface area is 145 Å². The van der Waals surface area contributed by atoms with Crippen molar-refractivity contribution in [2.24, 2.45) is 0 Å². The monoisotopic (exact) mass is 371 g/mol. The number of hydrogen-bond donors (Lipinski definition) is 2. The fraction of sp³-hybridized carbons (Fsp3) is 0.312. The molecule has 9 heteroatoms. The van der Waals surface area contributed by atoms with Crippen LogP contribution in [0.4, 0.5) is 13.2 Å². The van der Waals surface area contributed by atoms with Crippen molar-refractivity contribution >= 4 is 17.5 Å². The SMILES string of the molecule is O=C(NC1CC(c2cc(=O)[nH]cn2)C1)c1cc(C(F)(F)F)ccc1Cl. The minimum Gasteiger partial charge on any atom is -0.349 e. The third-order valence-corrected chi connectivity index (χ3v) is 4.46. The molecule has 3 rings (SSSR count). The zero-order chi connectivity index (χ0) is 18.2. The molecule has 0 bridgehead atoms. The standard InChI is InChI=1S/C16H13ClF3N3O2/c17-12-2-1-9(16(18,19)20)5-11(12)15(25)23-10-3-8(4-10)13-6-14(24)22-7-21-13/h1-2,5-8,10H,3-4H2,(H,23,25)(H,21,22,24). The molecule has 1 aliphatic rings. The molecule has 1 heterocycles. The molecule has 0 unspecified atom stereocenters. The van der Waals surface area contributed by atoms with Crippen LogP contribution in [-0.2, 0) is 6.18 Å². The van der Waals surface area contributed by atoms with Crippen LogP contribution in [0.1, 0.15) is 40.4 Å². The Hall–Kier alpha value is -2.35. The summed E-state index contributed by atoms with van der Waals surface area (Å²) >= 11 is 5.85. The van der Waals surface area contributed by atoms with Crippen LogP contribution in [0, 0.1) is 0 Å². The molecule has 5 nitrogen and oxygen atoms in total. The largest absolute Gasteiger partial charge is 0.416 e. The van der Waals surface area contributed by atoms with Gasteiger partial charge in [-0.15, -0.1) is 0 Å². The van der Waals surface area contributed by atoms with Crippen molar-refractivity contribution in [1.82, 2.24) is 15.3 Å². The zero-order valence-electron chi connectivity index (χ0n) is 12.7. The second kappa shape index (κ2) is 6.51. The van der Waals surface area contributed by atoms with Crippen molar-refractivity contribution in [3.05, 3.63) is 62.8 Å². The minimum atomic E-state index is -4.55. The number of amides is 1. The van der Waals surface area contributed by atoms with Crippen molar-refractivity contribution in [3.8, 4) is 0 Å². The second-order valence-electron chi connectivity index (χ2n) is 5.87. The van der Waals surface area contributed by atoms with Gasteiger partial charge in [0.2, 0.25) is 0 Å². The molecule has 2 aromatic rings. The van der Waals surface area contributed by atoms with Gasteiger partial charge in [-0.1, -0.05) is 11.6 Å². The molecule has 1 amide bonds. The summed E-state index contributed by atoms with van der Waals surface area (Å²) in [4.78, 5) is 30.0. The van der Waals surface area contributed by atoms with Gasteiger partial charge in [0, 0.05) is 18.0 Å². The molecule has 0 saturated heterocycles. The topological polar surface area (TPSA) is 74.8 Å². The summed E-state index contributed by atoms with van der Waals surface area (Å²) in [6.07, 6.45) is -2.13. The lowest BCUT2D eigenvalue weighted by Crippen LogP contribution is -2.43. The fourth-order valence-corrected chi connectivity index (χ4v) is 2.93. The molecule has 0 atom stereocenters. The number of nitrogens with zero attached hydrogens (tertiary/aromatic N) is 1. The Balaban J connectivity index is 1.65. The smallest absolute Gasteiger partial charge is 0.349 e. The Kier molecular flexibility index (Phi) is 4.55. The van der Waals surface area contributed by atoms with Crippen LogP contribution in [0.25, 0.3) is 0 Å². The van der Waals surface area contributed by atoms with E-state index >= 15 is 0 Å². The van der Waals surface area contributed by atoms with E-state index in [4.69, 9.17) is 11.6 Å². The number of carbonyl (C=O) groups is 1. The van der Waals surface area contributed by atoms with Gasteiger partial charge in [0.15, 0.2) is 0 Å². The molecule has 0 aliphatic heterocycles. The molecule has 25 heavy (non-hydrogen) atoms. The molecule has 132 valence electrons. The average molecular weight is 372 g/mol. The Bertz CT molecular complexity index is 860. The molecule has 1 aromatic heterocycles. The van der Waals surface area contributed by atoms with E-state index in [0.29, 0.717) is 18.5 Å². The summed E-state index contributed by atoms with van der Waals surface area (Å²) in [6.45, 7) is 0. The van der Waals surface area contributed by atoms with Crippen LogP contribution in [0.2, 0.25) is 5.02 Å². The summed E-state index contributed by atoms with van der Waals surface area (Å²) in [6, 6.07) is 3.82. The van der Waals surface area contributed by atoms with E-state index < -0.39 is 17.6 Å². The number of rotatable bonds is 3. The van der Waals surface area contributed by atoms with Gasteiger partial charge in [-0.3, -0.25) is 9.59 Å². The second-order valence-corrected chi connectivity index (χ2v) is 6.27. The van der Waals surface area contributed by atoms with Crippen molar-refractivity contribution in [2.75, 3.05) is 0 Å². The summed E-state index contributed by atoms with van der Waals surface area (Å²) in [5, 5.41) is 2.62. The molecular weight excluding hydrogens is 359 g/mol. The van der Waals surface area contributed by atoms with Crippen molar-refractivity contribution in [2.45, 2.75) is 31.0 Å². The number of alkyl halides is 3. The van der Waals surface area contributed by atoms with E-state index in [9.17, 15) is 22.8 Å². The third-order valence-electron chi connectivity index (χ3n) is 4.13. The maximum Gasteiger partial charge on any atom is 0.416 e. The predicted molar refractivity (Wildman–Crippen MR) is 84.5 cm³/mol. The number of halogens is 4. The summed E-state index contributed by atoms with van der Waals surface area (Å²) < 4.78 is 38.3. The molecule has 2 N–H and O–H groups in total. The van der Waals surface area contributed by atoms with Gasteiger partial charge in [0.1, 0.15) is 0 Å². The highest BCUT2D eigenvalue weighted by molar-refractivity contribution is 6.33. The van der Waals surface area contributed by atoms with Crippen LogP contribution in [0.15, 0.2) is 35.4 Å². The number of benzene rings is 1. The number of hydrogen-bond acceptors (Lipinski definition) is 3. The van der Waals surface area contributed by atoms with Crippen LogP contribution >= 0.6 is 11.6 Å². The van der Waals surface area contributed by atoms with E-state index in [1.54, 1.807) is 0 Å². The summed E-state index contributed by atoms with van der Waals surface area (Å²) in [5.41, 5.74) is -0.768. The first-order chi connectivity index (χ1) is 11.7. The number of carbonyl (C=O) groups excluding carboxylic acids is 1. The number of aromatic amines is 1. The first kappa shape index (κ1) is 17.5. The summed E-state index contributed by atoms with van der Waals surface area (Å²) in [5.74, 6) is -0.622. The number of nitrogens with one attached hydrogen (secondary N) is 2. The molecule has 0 spiro atoms. The maximum absolute atomic E-state index is 12.8. The molecular formula is C16H13ClF3N3O2. The van der Waals surface area contributed by atoms with Crippen LogP contribution in [0.3, 0.4) is 0 Å². The molecule has 1 fully saturated rings. The fourth-order valence-electron chi connectivity index (χ4n) is 2.72. The lowest BCUT2D eigenvalue weighted by Gasteiger charge is -2.35. The van der Waals surface area contributed by atoms with Gasteiger partial charge in [-0.25, -0.2) is 4.98 Å². The highest BCUT2D eigenvalue weighted by Crippen LogP contribution is 2.36. The van der Waals surface area contributed by atoms with Crippen molar-refractivity contribution < 1.29 is 18.0 Å². The van der Waals surface area contributed by atoms with Crippen LogP contribution < -0.4 is 10.9 Å². The first-order valence-corrected chi connectivity index (χ1v) is 7.84. The van der Waals surface area contributed by atoms with Gasteiger partial charge in [-0.05, 0) is 31.0 Å². The minimum absolute atomic E-state index is 0.0320. The molecule has 1 aromatic carbocycles. The lowest BCUT2D eigenvalue weighted by molar-refractivity contribution is -0.137. The van der Waals surface area contributed by atoms with E-state index in [2.05, 4.69) is 15.3 Å². The normalized spacial score (nSPS) is 20.0. The van der Waals surface area contributed by atoms with Gasteiger partial charge in [-0.2, -0.15) is 13.2 Å². The lowest BCUT2D eigenvalue weighted by atomic mass is 9.78. The van der Waals surface area contributed by atoms with Crippen LogP contribution in [0.5, 0.6) is 0 Å². The predicted octanol–water partition coefficient (Wildman–Crippen LogP) is 3.12. The van der Waals surface area contributed by atoms with Crippen molar-refractivity contribution in [3.63, 3.8) is 0 Å². The van der Waals surface area contributed by atoms with Gasteiger partial charge in [0.25, 0.3) is 11.5 Å². The third kappa shape index (κ3) is 3.84. The maximum atomic E-state index is 12.8. The Morgan fingerprint density at radius 2 is 2.00 bits per heavy atom. The van der Waals surface area contributed by atoms with E-state index in [1.807, 2.05) is 0 Å². The average Bonchev–Trinajstić information content (AvgIpc) is 2.49. The highest BCUT2D eigenvalue weighted by atomic mass is 35.5. The first-order valence-electron chi connectivity index (χ1n) is 7.46. The Morgan fingerprint density at radius 3 is 2.64 bits per heavy atom. The van der Waals surface area contributed by atoms with E-state index in [1.165, 1.54) is 12.4 Å². The molecule has 1 aliphatic carbocycles. The summed E-state index contributed by atoms with van der Waals surface area (Å²) in [7, 11) is 0. The highest BCUT2D eigenvalue weighted by Gasteiger charge is 2.34. The van der Waals surface area contributed by atoms with Gasteiger partial charge < -0.3 is 10.3 Å². The van der Waals surface area contributed by atoms with Crippen molar-refractivity contribution in [1.29, 1.82) is 0 Å². The molecule has 1 saturated carbocycles. The van der Waals surface area contributed by atoms with Crippen LogP contribution in [-0.4, -0.2) is 21.9 Å². The van der Waals surface area contributed by atoms with E-state index in [0.717, 1.165) is 18.2 Å². The number of aromatic nitrogens is 2. The zero-order valence-corrected chi connectivity index (χ0v) is 13.5. The van der Waals surface area contributed by atoms with E-state index in [-0.39, 0.29) is 28.1 Å². The van der Waals surface area contributed by atoms with Gasteiger partial charge >= 0.3 is 6.18 Å².